The molecule has 1 atom stereocenters. The summed E-state index contributed by atoms with van der Waals surface area (Å²) in [6.45, 7) is 9.93. The predicted octanol–water partition coefficient (Wildman–Crippen LogP) is 2.22. The van der Waals surface area contributed by atoms with E-state index in [1.807, 2.05) is 13.0 Å². The molecule has 0 saturated carbocycles. The molecule has 0 spiro atoms. The Hall–Kier alpha value is -2.74. The van der Waals surface area contributed by atoms with Gasteiger partial charge in [0.15, 0.2) is 0 Å². The maximum Gasteiger partial charge on any atom is 0.263 e. The summed E-state index contributed by atoms with van der Waals surface area (Å²) in [7, 11) is 1.69. The number of fused-ring (bicyclic) bond motifs is 1. The van der Waals surface area contributed by atoms with E-state index in [0.29, 0.717) is 30.5 Å². The van der Waals surface area contributed by atoms with Crippen LogP contribution < -0.4 is 11.1 Å². The maximum atomic E-state index is 13.6. The molecule has 2 aromatic heterocycles. The number of H-pyrrole nitrogens is 1. The van der Waals surface area contributed by atoms with E-state index in [0.717, 1.165) is 49.2 Å². The molecule has 2 aliphatic rings. The van der Waals surface area contributed by atoms with Gasteiger partial charge in [0.25, 0.3) is 17.0 Å². The van der Waals surface area contributed by atoms with Crippen LogP contribution >= 0.6 is 0 Å². The van der Waals surface area contributed by atoms with Gasteiger partial charge in [-0.15, -0.1) is 0 Å². The van der Waals surface area contributed by atoms with E-state index in [-0.39, 0.29) is 28.6 Å². The minimum atomic E-state index is -0.331. The molecule has 2 aromatic rings. The number of hydrogen-bond acceptors (Lipinski definition) is 5. The minimum absolute atomic E-state index is 0.115. The number of rotatable bonds is 3. The number of hydrogen-bond donors (Lipinski definition) is 1. The molecule has 8 nitrogen and oxygen atoms in total. The summed E-state index contributed by atoms with van der Waals surface area (Å²) in [5.41, 5.74) is 2.87. The molecule has 0 aromatic carbocycles. The first kappa shape index (κ1) is 22.5. The average molecular weight is 440 g/mol. The van der Waals surface area contributed by atoms with Gasteiger partial charge in [-0.05, 0) is 58.6 Å². The molecule has 32 heavy (non-hydrogen) atoms. The molecule has 2 aliphatic heterocycles. The Bertz CT molecular complexity index is 1160. The molecule has 1 amide bonds. The first-order valence-corrected chi connectivity index (χ1v) is 11.5. The SMILES string of the molecule is Cc1cc(C)n(C)c(=O)c1C(=O)N1CCCC[C@H]1c1nc2c(c(=O)[nH]1)CN(C(C)C)CC2. The van der Waals surface area contributed by atoms with E-state index >= 15 is 0 Å². The fourth-order valence-corrected chi connectivity index (χ4v) is 4.91. The fourth-order valence-electron chi connectivity index (χ4n) is 4.91. The van der Waals surface area contributed by atoms with Gasteiger partial charge < -0.3 is 14.5 Å². The minimum Gasteiger partial charge on any atom is -0.328 e. The molecule has 4 heterocycles. The van der Waals surface area contributed by atoms with Gasteiger partial charge in [-0.3, -0.25) is 19.3 Å². The highest BCUT2D eigenvalue weighted by Crippen LogP contribution is 2.31. The number of likely N-dealkylation sites (tertiary alicyclic amines) is 1. The van der Waals surface area contributed by atoms with Crippen LogP contribution in [0.25, 0.3) is 0 Å². The lowest BCUT2D eigenvalue weighted by Crippen LogP contribution is -2.44. The number of nitrogens with one attached hydrogen (secondary N) is 1. The van der Waals surface area contributed by atoms with E-state index < -0.39 is 0 Å². The third-order valence-electron chi connectivity index (χ3n) is 7.01. The van der Waals surface area contributed by atoms with Crippen molar-refractivity contribution in [2.45, 2.75) is 72.0 Å². The van der Waals surface area contributed by atoms with Crippen LogP contribution in [-0.4, -0.2) is 49.4 Å². The zero-order valence-corrected chi connectivity index (χ0v) is 19.7. The van der Waals surface area contributed by atoms with Crippen molar-refractivity contribution in [2.24, 2.45) is 7.05 Å². The monoisotopic (exact) mass is 439 g/mol. The van der Waals surface area contributed by atoms with Gasteiger partial charge in [0.2, 0.25) is 0 Å². The first-order valence-electron chi connectivity index (χ1n) is 11.5. The Balaban J connectivity index is 1.71. The smallest absolute Gasteiger partial charge is 0.263 e. The highest BCUT2D eigenvalue weighted by molar-refractivity contribution is 5.95. The number of carbonyl (C=O) groups excluding carboxylic acids is 1. The molecule has 0 unspecified atom stereocenters. The highest BCUT2D eigenvalue weighted by atomic mass is 16.2. The summed E-state index contributed by atoms with van der Waals surface area (Å²) in [6, 6.07) is 1.91. The van der Waals surface area contributed by atoms with Crippen molar-refractivity contribution in [3.63, 3.8) is 0 Å². The molecular weight excluding hydrogens is 406 g/mol. The molecule has 1 fully saturated rings. The second-order valence-corrected chi connectivity index (χ2v) is 9.41. The molecule has 0 bridgehead atoms. The summed E-state index contributed by atoms with van der Waals surface area (Å²) in [4.78, 5) is 51.2. The van der Waals surface area contributed by atoms with E-state index in [1.54, 1.807) is 18.9 Å². The molecule has 172 valence electrons. The fraction of sp³-hybridized carbons (Fsp3) is 0.583. The standard InChI is InChI=1S/C24H33N5O3/c1-14(2)28-11-9-18-17(13-28)22(30)26-21(25-18)19-8-6-7-10-29(19)24(32)20-15(3)12-16(4)27(5)23(20)31/h12,14,19H,6-11,13H2,1-5H3,(H,25,26,30)/t19-/m0/s1. The van der Waals surface area contributed by atoms with Gasteiger partial charge in [0.05, 0.1) is 17.3 Å². The number of aromatic nitrogens is 3. The van der Waals surface area contributed by atoms with Crippen LogP contribution in [-0.2, 0) is 20.0 Å². The summed E-state index contributed by atoms with van der Waals surface area (Å²) < 4.78 is 1.51. The topological polar surface area (TPSA) is 91.3 Å². The number of aryl methyl sites for hydroxylation is 2. The van der Waals surface area contributed by atoms with Crippen molar-refractivity contribution in [3.05, 3.63) is 60.7 Å². The van der Waals surface area contributed by atoms with Crippen molar-refractivity contribution in [2.75, 3.05) is 13.1 Å². The van der Waals surface area contributed by atoms with Crippen LogP contribution in [0, 0.1) is 13.8 Å². The summed E-state index contributed by atoms with van der Waals surface area (Å²) in [5, 5.41) is 0. The maximum absolute atomic E-state index is 13.6. The Morgan fingerprint density at radius 1 is 1.19 bits per heavy atom. The largest absolute Gasteiger partial charge is 0.328 e. The number of amides is 1. The average Bonchev–Trinajstić information content (AvgIpc) is 2.77. The Labute approximate surface area is 188 Å². The van der Waals surface area contributed by atoms with Gasteiger partial charge in [-0.25, -0.2) is 4.98 Å². The molecule has 1 N–H and O–H groups in total. The second-order valence-electron chi connectivity index (χ2n) is 9.41. The lowest BCUT2D eigenvalue weighted by molar-refractivity contribution is 0.0595. The van der Waals surface area contributed by atoms with Crippen molar-refractivity contribution in [1.29, 1.82) is 0 Å². The van der Waals surface area contributed by atoms with Crippen LogP contribution in [0.1, 0.15) is 77.8 Å². The lowest BCUT2D eigenvalue weighted by atomic mass is 9.98. The van der Waals surface area contributed by atoms with Crippen molar-refractivity contribution < 1.29 is 4.79 Å². The van der Waals surface area contributed by atoms with E-state index in [1.165, 1.54) is 4.57 Å². The van der Waals surface area contributed by atoms with Gasteiger partial charge >= 0.3 is 0 Å². The lowest BCUT2D eigenvalue weighted by Gasteiger charge is -2.36. The molecule has 1 saturated heterocycles. The van der Waals surface area contributed by atoms with Crippen molar-refractivity contribution in [1.82, 2.24) is 24.3 Å². The summed E-state index contributed by atoms with van der Waals surface area (Å²) in [5.74, 6) is 0.264. The van der Waals surface area contributed by atoms with Crippen LogP contribution in [0.3, 0.4) is 0 Å². The van der Waals surface area contributed by atoms with E-state index in [9.17, 15) is 14.4 Å². The van der Waals surface area contributed by atoms with E-state index in [4.69, 9.17) is 4.98 Å². The van der Waals surface area contributed by atoms with E-state index in [2.05, 4.69) is 23.7 Å². The van der Waals surface area contributed by atoms with Crippen LogP contribution in [0.2, 0.25) is 0 Å². The normalized spacial score (nSPS) is 19.3. The molecule has 4 rings (SSSR count). The summed E-state index contributed by atoms with van der Waals surface area (Å²) in [6.07, 6.45) is 3.26. The molecule has 0 aliphatic carbocycles. The third-order valence-corrected chi connectivity index (χ3v) is 7.01. The Morgan fingerprint density at radius 2 is 1.94 bits per heavy atom. The molecular formula is C24H33N5O3. The predicted molar refractivity (Wildman–Crippen MR) is 123 cm³/mol. The van der Waals surface area contributed by atoms with Crippen molar-refractivity contribution >= 4 is 5.91 Å². The van der Waals surface area contributed by atoms with Crippen LogP contribution in [0.15, 0.2) is 15.7 Å². The van der Waals surface area contributed by atoms with Gasteiger partial charge in [-0.1, -0.05) is 0 Å². The van der Waals surface area contributed by atoms with Crippen LogP contribution in [0.4, 0.5) is 0 Å². The van der Waals surface area contributed by atoms with Gasteiger partial charge in [0.1, 0.15) is 11.4 Å². The summed E-state index contributed by atoms with van der Waals surface area (Å²) >= 11 is 0. The zero-order valence-electron chi connectivity index (χ0n) is 19.7. The highest BCUT2D eigenvalue weighted by Gasteiger charge is 2.34. The first-order chi connectivity index (χ1) is 15.2. The third kappa shape index (κ3) is 3.92. The quantitative estimate of drug-likeness (QED) is 0.792. The van der Waals surface area contributed by atoms with Crippen LogP contribution in [0.5, 0.6) is 0 Å². The zero-order chi connectivity index (χ0) is 23.2. The Morgan fingerprint density at radius 3 is 2.66 bits per heavy atom. The Kier molecular flexibility index (Phi) is 6.07. The molecule has 0 radical (unpaired) electrons. The number of nitrogens with zero attached hydrogens (tertiary/aromatic N) is 4. The van der Waals surface area contributed by atoms with Crippen molar-refractivity contribution in [3.8, 4) is 0 Å². The second kappa shape index (κ2) is 8.65. The number of aromatic amines is 1. The number of carbonyl (C=O) groups is 1. The number of piperidine rings is 1. The van der Waals surface area contributed by atoms with Gasteiger partial charge in [0, 0.05) is 44.8 Å². The molecule has 8 heteroatoms. The van der Waals surface area contributed by atoms with Gasteiger partial charge in [-0.2, -0.15) is 0 Å². The number of pyridine rings is 1.